The Hall–Kier alpha value is -3.14. The molecule has 128 valence electrons. The first-order chi connectivity index (χ1) is 12.5. The van der Waals surface area contributed by atoms with Gasteiger partial charge < -0.3 is 10.6 Å². The molecule has 26 heavy (non-hydrogen) atoms. The third kappa shape index (κ3) is 4.28. The number of carbonyl (C=O) groups is 1. The number of nitriles is 1. The Morgan fingerprint density at radius 2 is 1.88 bits per heavy atom. The Morgan fingerprint density at radius 3 is 2.65 bits per heavy atom. The summed E-state index contributed by atoms with van der Waals surface area (Å²) in [4.78, 5) is 20.6. The zero-order valence-corrected chi connectivity index (χ0v) is 14.7. The number of carbonyl (C=O) groups excluding carboxylic acids is 1. The smallest absolute Gasteiger partial charge is 0.274 e. The average molecular weight is 384 g/mol. The molecule has 2 aromatic carbocycles. The maximum atomic E-state index is 12.4. The van der Waals surface area contributed by atoms with Gasteiger partial charge in [0.15, 0.2) is 0 Å². The van der Waals surface area contributed by atoms with E-state index in [2.05, 4.69) is 26.7 Å². The molecule has 0 spiro atoms. The molecule has 0 aliphatic rings. The van der Waals surface area contributed by atoms with Crippen LogP contribution in [0.1, 0.15) is 16.1 Å². The quantitative estimate of drug-likeness (QED) is 0.683. The monoisotopic (exact) mass is 383 g/mol. The van der Waals surface area contributed by atoms with Crippen LogP contribution < -0.4 is 10.6 Å². The number of amides is 1. The van der Waals surface area contributed by atoms with E-state index >= 15 is 0 Å². The lowest BCUT2D eigenvalue weighted by Gasteiger charge is -2.08. The van der Waals surface area contributed by atoms with Crippen LogP contribution in [0.3, 0.4) is 0 Å². The van der Waals surface area contributed by atoms with Crippen LogP contribution in [0.4, 0.5) is 17.3 Å². The highest BCUT2D eigenvalue weighted by Gasteiger charge is 2.10. The van der Waals surface area contributed by atoms with E-state index in [1.165, 1.54) is 12.3 Å². The third-order valence-electron chi connectivity index (χ3n) is 3.31. The first kappa shape index (κ1) is 17.7. The number of hydrogen-bond acceptors (Lipinski definition) is 5. The molecular weight excluding hydrogens is 373 g/mol. The van der Waals surface area contributed by atoms with Gasteiger partial charge in [-0.05, 0) is 42.5 Å². The molecule has 6 nitrogen and oxygen atoms in total. The minimum absolute atomic E-state index is 0.171. The summed E-state index contributed by atoms with van der Waals surface area (Å²) in [6.45, 7) is 0. The summed E-state index contributed by atoms with van der Waals surface area (Å²) < 4.78 is 0. The molecule has 3 rings (SSSR count). The standard InChI is InChI=1S/C18H11Cl2N5O/c19-14-5-4-13(9-15(14)20)23-17(26)16-6-7-22-18(25-16)24-12-3-1-2-11(8-12)10-21/h1-9H,(H,23,26)(H,22,24,25). The van der Waals surface area contributed by atoms with Crippen molar-refractivity contribution in [3.8, 4) is 6.07 Å². The molecule has 0 bridgehead atoms. The lowest BCUT2D eigenvalue weighted by molar-refractivity contribution is 0.102. The maximum absolute atomic E-state index is 12.4. The Balaban J connectivity index is 1.76. The number of nitrogens with zero attached hydrogens (tertiary/aromatic N) is 3. The summed E-state index contributed by atoms with van der Waals surface area (Å²) >= 11 is 11.8. The van der Waals surface area contributed by atoms with Crippen LogP contribution in [-0.4, -0.2) is 15.9 Å². The van der Waals surface area contributed by atoms with Crippen LogP contribution in [0, 0.1) is 11.3 Å². The molecule has 1 amide bonds. The third-order valence-corrected chi connectivity index (χ3v) is 4.05. The maximum Gasteiger partial charge on any atom is 0.274 e. The van der Waals surface area contributed by atoms with Gasteiger partial charge in [-0.2, -0.15) is 5.26 Å². The van der Waals surface area contributed by atoms with Crippen molar-refractivity contribution < 1.29 is 4.79 Å². The fraction of sp³-hybridized carbons (Fsp3) is 0. The topological polar surface area (TPSA) is 90.7 Å². The summed E-state index contributed by atoms with van der Waals surface area (Å²) in [6.07, 6.45) is 1.47. The second kappa shape index (κ2) is 7.83. The second-order valence-corrected chi connectivity index (χ2v) is 5.98. The Labute approximate surface area is 159 Å². The molecule has 0 aliphatic carbocycles. The summed E-state index contributed by atoms with van der Waals surface area (Å²) in [6, 6.07) is 15.2. The van der Waals surface area contributed by atoms with E-state index in [-0.39, 0.29) is 11.6 Å². The summed E-state index contributed by atoms with van der Waals surface area (Å²) in [7, 11) is 0. The lowest BCUT2D eigenvalue weighted by Crippen LogP contribution is -2.14. The van der Waals surface area contributed by atoms with Crippen molar-refractivity contribution in [1.82, 2.24) is 9.97 Å². The van der Waals surface area contributed by atoms with Crippen LogP contribution in [-0.2, 0) is 0 Å². The van der Waals surface area contributed by atoms with Crippen molar-refractivity contribution in [1.29, 1.82) is 5.26 Å². The number of benzene rings is 2. The van der Waals surface area contributed by atoms with E-state index < -0.39 is 5.91 Å². The molecule has 0 atom stereocenters. The van der Waals surface area contributed by atoms with Gasteiger partial charge in [0.2, 0.25) is 5.95 Å². The number of anilines is 3. The SMILES string of the molecule is N#Cc1cccc(Nc2nccc(C(=O)Nc3ccc(Cl)c(Cl)c3)n2)c1. The van der Waals surface area contributed by atoms with Gasteiger partial charge in [0.1, 0.15) is 5.69 Å². The largest absolute Gasteiger partial charge is 0.324 e. The van der Waals surface area contributed by atoms with E-state index in [1.807, 2.05) is 0 Å². The van der Waals surface area contributed by atoms with Gasteiger partial charge in [0.25, 0.3) is 5.91 Å². The molecule has 2 N–H and O–H groups in total. The Kier molecular flexibility index (Phi) is 5.32. The predicted molar refractivity (Wildman–Crippen MR) is 101 cm³/mol. The van der Waals surface area contributed by atoms with Gasteiger partial charge in [0.05, 0.1) is 21.7 Å². The molecule has 8 heteroatoms. The molecule has 3 aromatic rings. The molecule has 0 unspecified atom stereocenters. The number of nitrogens with one attached hydrogen (secondary N) is 2. The van der Waals surface area contributed by atoms with Crippen LogP contribution in [0.15, 0.2) is 54.7 Å². The average Bonchev–Trinajstić information content (AvgIpc) is 2.65. The van der Waals surface area contributed by atoms with Gasteiger partial charge in [-0.1, -0.05) is 29.3 Å². The zero-order chi connectivity index (χ0) is 18.5. The van der Waals surface area contributed by atoms with E-state index in [1.54, 1.807) is 42.5 Å². The van der Waals surface area contributed by atoms with Crippen molar-refractivity contribution in [3.63, 3.8) is 0 Å². The van der Waals surface area contributed by atoms with E-state index in [9.17, 15) is 4.79 Å². The van der Waals surface area contributed by atoms with E-state index in [0.29, 0.717) is 27.0 Å². The predicted octanol–water partition coefficient (Wildman–Crippen LogP) is 4.65. The van der Waals surface area contributed by atoms with Gasteiger partial charge in [-0.15, -0.1) is 0 Å². The molecule has 1 heterocycles. The van der Waals surface area contributed by atoms with Gasteiger partial charge in [-0.25, -0.2) is 9.97 Å². The number of hydrogen-bond donors (Lipinski definition) is 2. The molecule has 0 fully saturated rings. The van der Waals surface area contributed by atoms with Crippen molar-refractivity contribution >= 4 is 46.4 Å². The van der Waals surface area contributed by atoms with Gasteiger partial charge >= 0.3 is 0 Å². The molecule has 0 saturated heterocycles. The fourth-order valence-corrected chi connectivity index (χ4v) is 2.41. The fourth-order valence-electron chi connectivity index (χ4n) is 2.11. The van der Waals surface area contributed by atoms with Crippen molar-refractivity contribution in [2.24, 2.45) is 0 Å². The van der Waals surface area contributed by atoms with Crippen LogP contribution in [0.25, 0.3) is 0 Å². The van der Waals surface area contributed by atoms with Gasteiger partial charge in [0, 0.05) is 17.6 Å². The molecule has 0 aliphatic heterocycles. The van der Waals surface area contributed by atoms with Crippen molar-refractivity contribution in [2.45, 2.75) is 0 Å². The summed E-state index contributed by atoms with van der Waals surface area (Å²) in [5.74, 6) is -0.179. The Morgan fingerprint density at radius 1 is 1.04 bits per heavy atom. The first-order valence-electron chi connectivity index (χ1n) is 7.42. The second-order valence-electron chi connectivity index (χ2n) is 5.17. The Bertz CT molecular complexity index is 1020. The lowest BCUT2D eigenvalue weighted by atomic mass is 10.2. The van der Waals surface area contributed by atoms with Crippen LogP contribution in [0.2, 0.25) is 10.0 Å². The molecule has 0 saturated carbocycles. The van der Waals surface area contributed by atoms with E-state index in [4.69, 9.17) is 28.5 Å². The van der Waals surface area contributed by atoms with Gasteiger partial charge in [-0.3, -0.25) is 4.79 Å². The zero-order valence-electron chi connectivity index (χ0n) is 13.2. The highest BCUT2D eigenvalue weighted by Crippen LogP contribution is 2.25. The molecule has 1 aromatic heterocycles. The molecular formula is C18H11Cl2N5O. The van der Waals surface area contributed by atoms with Crippen molar-refractivity contribution in [2.75, 3.05) is 10.6 Å². The van der Waals surface area contributed by atoms with Crippen molar-refractivity contribution in [3.05, 3.63) is 76.0 Å². The number of rotatable bonds is 4. The summed E-state index contributed by atoms with van der Waals surface area (Å²) in [5, 5.41) is 15.3. The highest BCUT2D eigenvalue weighted by atomic mass is 35.5. The van der Waals surface area contributed by atoms with E-state index in [0.717, 1.165) is 0 Å². The highest BCUT2D eigenvalue weighted by molar-refractivity contribution is 6.42. The number of halogens is 2. The minimum Gasteiger partial charge on any atom is -0.324 e. The molecule has 0 radical (unpaired) electrons. The van der Waals surface area contributed by atoms with Crippen LogP contribution >= 0.6 is 23.2 Å². The summed E-state index contributed by atoms with van der Waals surface area (Å²) in [5.41, 5.74) is 1.82. The normalized spacial score (nSPS) is 10.0. The van der Waals surface area contributed by atoms with Crippen LogP contribution in [0.5, 0.6) is 0 Å². The first-order valence-corrected chi connectivity index (χ1v) is 8.17. The number of aromatic nitrogens is 2. The minimum atomic E-state index is -0.417.